The third-order valence-corrected chi connectivity index (χ3v) is 2.70. The number of benzene rings is 1. The fourth-order valence-corrected chi connectivity index (χ4v) is 1.64. The van der Waals surface area contributed by atoms with Gasteiger partial charge in [-0.1, -0.05) is 25.1 Å². The first-order valence-corrected chi connectivity index (χ1v) is 6.23. The second kappa shape index (κ2) is 6.18. The monoisotopic (exact) mass is 276 g/mol. The molecule has 0 N–H and O–H groups in total. The van der Waals surface area contributed by atoms with Crippen molar-refractivity contribution in [3.05, 3.63) is 35.5 Å². The van der Waals surface area contributed by atoms with Crippen molar-refractivity contribution in [2.75, 3.05) is 7.11 Å². The molecule has 0 aliphatic carbocycles. The lowest BCUT2D eigenvalue weighted by atomic mass is 10.2. The fraction of sp³-hybridized carbons (Fsp3) is 0.357. The summed E-state index contributed by atoms with van der Waals surface area (Å²) in [6.45, 7) is 4.03. The number of aldehydes is 1. The average molecular weight is 276 g/mol. The molecule has 1 heterocycles. The fourth-order valence-electron chi connectivity index (χ4n) is 1.64. The van der Waals surface area contributed by atoms with E-state index < -0.39 is 0 Å². The molecule has 0 aliphatic rings. The first-order chi connectivity index (χ1) is 9.65. The van der Waals surface area contributed by atoms with Crippen molar-refractivity contribution >= 4 is 6.29 Å². The van der Waals surface area contributed by atoms with Gasteiger partial charge in [0.05, 0.1) is 12.7 Å². The smallest absolute Gasteiger partial charge is 0.264 e. The lowest BCUT2D eigenvalue weighted by Crippen LogP contribution is -2.01. The Morgan fingerprint density at radius 1 is 1.40 bits per heavy atom. The summed E-state index contributed by atoms with van der Waals surface area (Å²) in [6, 6.07) is 5.09. The SMILES string of the molecule is COc1cccc(C=O)c1OCc1nc(C(C)C)no1. The second-order valence-electron chi connectivity index (χ2n) is 4.49. The molecule has 0 spiro atoms. The first kappa shape index (κ1) is 14.0. The molecular formula is C14H16N2O4. The van der Waals surface area contributed by atoms with E-state index in [0.29, 0.717) is 35.1 Å². The van der Waals surface area contributed by atoms with Gasteiger partial charge >= 0.3 is 0 Å². The van der Waals surface area contributed by atoms with Crippen molar-refractivity contribution in [3.63, 3.8) is 0 Å². The highest BCUT2D eigenvalue weighted by atomic mass is 16.5. The van der Waals surface area contributed by atoms with Crippen molar-refractivity contribution in [1.82, 2.24) is 10.1 Å². The van der Waals surface area contributed by atoms with Gasteiger partial charge in [0.2, 0.25) is 0 Å². The maximum absolute atomic E-state index is 11.0. The highest BCUT2D eigenvalue weighted by molar-refractivity contribution is 5.81. The number of nitrogens with zero attached hydrogens (tertiary/aromatic N) is 2. The molecule has 1 aromatic heterocycles. The van der Waals surface area contributed by atoms with Gasteiger partial charge in [-0.25, -0.2) is 0 Å². The van der Waals surface area contributed by atoms with Gasteiger partial charge in [-0.05, 0) is 12.1 Å². The normalized spacial score (nSPS) is 10.6. The molecule has 1 aromatic carbocycles. The van der Waals surface area contributed by atoms with E-state index >= 15 is 0 Å². The van der Waals surface area contributed by atoms with Crippen LogP contribution in [0.25, 0.3) is 0 Å². The molecule has 0 bridgehead atoms. The molecule has 2 rings (SSSR count). The van der Waals surface area contributed by atoms with Gasteiger partial charge in [0.25, 0.3) is 5.89 Å². The summed E-state index contributed by atoms with van der Waals surface area (Å²) in [4.78, 5) is 15.2. The Kier molecular flexibility index (Phi) is 4.34. The standard InChI is InChI=1S/C14H16N2O4/c1-9(2)14-15-12(20-16-14)8-19-13-10(7-17)5-4-6-11(13)18-3/h4-7,9H,8H2,1-3H3. The third-order valence-electron chi connectivity index (χ3n) is 2.70. The molecule has 0 atom stereocenters. The minimum Gasteiger partial charge on any atom is -0.493 e. The van der Waals surface area contributed by atoms with E-state index in [1.165, 1.54) is 7.11 Å². The maximum atomic E-state index is 11.0. The van der Waals surface area contributed by atoms with Crippen LogP contribution < -0.4 is 9.47 Å². The molecule has 0 saturated heterocycles. The molecule has 6 heteroatoms. The van der Waals surface area contributed by atoms with Crippen LogP contribution in [-0.2, 0) is 6.61 Å². The minimum absolute atomic E-state index is 0.0843. The Balaban J connectivity index is 2.15. The van der Waals surface area contributed by atoms with Crippen molar-refractivity contribution in [2.24, 2.45) is 0 Å². The van der Waals surface area contributed by atoms with Crippen LogP contribution in [-0.4, -0.2) is 23.5 Å². The summed E-state index contributed by atoms with van der Waals surface area (Å²) in [5.41, 5.74) is 0.410. The van der Waals surface area contributed by atoms with Crippen LogP contribution in [0, 0.1) is 0 Å². The molecule has 2 aromatic rings. The maximum Gasteiger partial charge on any atom is 0.264 e. The van der Waals surface area contributed by atoms with Crippen LogP contribution in [0.5, 0.6) is 11.5 Å². The van der Waals surface area contributed by atoms with Crippen molar-refractivity contribution < 1.29 is 18.8 Å². The molecule has 0 unspecified atom stereocenters. The van der Waals surface area contributed by atoms with Crippen LogP contribution in [0.3, 0.4) is 0 Å². The molecule has 0 fully saturated rings. The molecule has 106 valence electrons. The quantitative estimate of drug-likeness (QED) is 0.755. The van der Waals surface area contributed by atoms with E-state index in [9.17, 15) is 4.79 Å². The highest BCUT2D eigenvalue weighted by Crippen LogP contribution is 2.30. The van der Waals surface area contributed by atoms with E-state index in [4.69, 9.17) is 14.0 Å². The Bertz CT molecular complexity index is 593. The Labute approximate surface area is 116 Å². The van der Waals surface area contributed by atoms with Crippen molar-refractivity contribution in [1.29, 1.82) is 0 Å². The van der Waals surface area contributed by atoms with Gasteiger partial charge < -0.3 is 14.0 Å². The largest absolute Gasteiger partial charge is 0.493 e. The van der Waals surface area contributed by atoms with E-state index in [0.717, 1.165) is 0 Å². The van der Waals surface area contributed by atoms with Crippen LogP contribution >= 0.6 is 0 Å². The summed E-state index contributed by atoms with van der Waals surface area (Å²) in [5.74, 6) is 2.02. The van der Waals surface area contributed by atoms with Gasteiger partial charge in [0.15, 0.2) is 30.2 Å². The summed E-state index contributed by atoms with van der Waals surface area (Å²) in [7, 11) is 1.51. The van der Waals surface area contributed by atoms with Crippen LogP contribution in [0.4, 0.5) is 0 Å². The van der Waals surface area contributed by atoms with E-state index in [1.54, 1.807) is 18.2 Å². The zero-order valence-electron chi connectivity index (χ0n) is 11.6. The van der Waals surface area contributed by atoms with Crippen LogP contribution in [0.15, 0.2) is 22.7 Å². The Morgan fingerprint density at radius 3 is 2.80 bits per heavy atom. The number of rotatable bonds is 6. The number of aromatic nitrogens is 2. The zero-order chi connectivity index (χ0) is 14.5. The molecular weight excluding hydrogens is 260 g/mol. The summed E-state index contributed by atoms with van der Waals surface area (Å²) < 4.78 is 15.8. The van der Waals surface area contributed by atoms with Gasteiger partial charge in [0, 0.05) is 5.92 Å². The Morgan fingerprint density at radius 2 is 2.20 bits per heavy atom. The molecule has 0 saturated carbocycles. The number of hydrogen-bond donors (Lipinski definition) is 0. The molecule has 0 radical (unpaired) electrons. The average Bonchev–Trinajstić information content (AvgIpc) is 2.93. The molecule has 20 heavy (non-hydrogen) atoms. The summed E-state index contributed by atoms with van der Waals surface area (Å²) in [6.07, 6.45) is 0.714. The number of carbonyl (C=O) groups is 1. The number of carbonyl (C=O) groups excluding carboxylic acids is 1. The predicted molar refractivity (Wildman–Crippen MR) is 71.1 cm³/mol. The topological polar surface area (TPSA) is 74.5 Å². The van der Waals surface area contributed by atoms with Crippen molar-refractivity contribution in [3.8, 4) is 11.5 Å². The van der Waals surface area contributed by atoms with Gasteiger partial charge in [-0.3, -0.25) is 4.79 Å². The van der Waals surface area contributed by atoms with E-state index in [1.807, 2.05) is 13.8 Å². The van der Waals surface area contributed by atoms with Crippen LogP contribution in [0.1, 0.15) is 41.8 Å². The molecule has 0 amide bonds. The third kappa shape index (κ3) is 2.96. The Hall–Kier alpha value is -2.37. The molecule has 0 aliphatic heterocycles. The lowest BCUT2D eigenvalue weighted by Gasteiger charge is -2.10. The van der Waals surface area contributed by atoms with Gasteiger partial charge in [-0.2, -0.15) is 4.98 Å². The van der Waals surface area contributed by atoms with Crippen molar-refractivity contribution in [2.45, 2.75) is 26.4 Å². The van der Waals surface area contributed by atoms with Gasteiger partial charge in [-0.15, -0.1) is 0 Å². The predicted octanol–water partition coefficient (Wildman–Crippen LogP) is 2.59. The van der Waals surface area contributed by atoms with Gasteiger partial charge in [0.1, 0.15) is 0 Å². The summed E-state index contributed by atoms with van der Waals surface area (Å²) in [5, 5.41) is 3.85. The minimum atomic E-state index is 0.0843. The first-order valence-electron chi connectivity index (χ1n) is 6.23. The second-order valence-corrected chi connectivity index (χ2v) is 4.49. The summed E-state index contributed by atoms with van der Waals surface area (Å²) >= 11 is 0. The highest BCUT2D eigenvalue weighted by Gasteiger charge is 2.14. The number of ether oxygens (including phenoxy) is 2. The number of para-hydroxylation sites is 1. The molecule has 6 nitrogen and oxygen atoms in total. The van der Waals surface area contributed by atoms with E-state index in [2.05, 4.69) is 10.1 Å². The number of methoxy groups -OCH3 is 1. The number of hydrogen-bond acceptors (Lipinski definition) is 6. The zero-order valence-corrected chi connectivity index (χ0v) is 11.6. The van der Waals surface area contributed by atoms with Crippen LogP contribution in [0.2, 0.25) is 0 Å². The van der Waals surface area contributed by atoms with E-state index in [-0.39, 0.29) is 12.5 Å². The lowest BCUT2D eigenvalue weighted by molar-refractivity contribution is 0.111.